The van der Waals surface area contributed by atoms with Gasteiger partial charge in [-0.25, -0.2) is 9.97 Å². The fourth-order valence-electron chi connectivity index (χ4n) is 4.19. The molecule has 8 nitrogen and oxygen atoms in total. The second-order valence-electron chi connectivity index (χ2n) is 8.24. The zero-order valence-electron chi connectivity index (χ0n) is 19.6. The number of benzene rings is 2. The number of hydrogen-bond donors (Lipinski definition) is 2. The van der Waals surface area contributed by atoms with E-state index in [1.165, 1.54) is 11.8 Å². The van der Waals surface area contributed by atoms with E-state index in [2.05, 4.69) is 15.3 Å². The Morgan fingerprint density at radius 3 is 2.57 bits per heavy atom. The predicted molar refractivity (Wildman–Crippen MR) is 136 cm³/mol. The molecule has 1 aliphatic heterocycles. The number of carbonyl (C=O) groups excluding carboxylic acids is 1. The van der Waals surface area contributed by atoms with E-state index in [0.29, 0.717) is 24.1 Å². The van der Waals surface area contributed by atoms with Gasteiger partial charge in [-0.2, -0.15) is 9.78 Å². The van der Waals surface area contributed by atoms with Crippen LogP contribution in [0, 0.1) is 13.8 Å². The number of rotatable bonds is 5. The summed E-state index contributed by atoms with van der Waals surface area (Å²) < 4.78 is 7.26. The van der Waals surface area contributed by atoms with E-state index in [1.807, 2.05) is 69.3 Å². The molecule has 0 bridgehead atoms. The zero-order valence-corrected chi connectivity index (χ0v) is 20.5. The number of ether oxygens (including phenoxy) is 1. The summed E-state index contributed by atoms with van der Waals surface area (Å²) >= 11 is 1.50. The van der Waals surface area contributed by atoms with Crippen LogP contribution in [0.25, 0.3) is 17.2 Å². The fourth-order valence-corrected chi connectivity index (χ4v) is 5.31. The average molecular weight is 488 g/mol. The van der Waals surface area contributed by atoms with Gasteiger partial charge in [-0.15, -0.1) is 11.8 Å². The number of hydrogen-bond acceptors (Lipinski definition) is 7. The molecule has 35 heavy (non-hydrogen) atoms. The standard InChI is InChI=1S/C26H25N5O3S/c1-4-34-20-13-18(10-11-19(20)32)24-22-23(17-8-6-5-7-9-17)30-31(25(22)29-21(33)14-35-24)26-27-15(2)12-16(3)28-26/h5-13,24,32H,4,14H2,1-3H3,(H,29,33)/t24-/m0/s1. The number of fused-ring (bicyclic) bond motifs is 1. The molecule has 2 aromatic heterocycles. The van der Waals surface area contributed by atoms with E-state index in [0.717, 1.165) is 33.8 Å². The Bertz CT molecular complexity index is 1380. The Morgan fingerprint density at radius 2 is 1.86 bits per heavy atom. The summed E-state index contributed by atoms with van der Waals surface area (Å²) in [6.45, 7) is 6.11. The SMILES string of the molecule is CCOc1cc([C@@H]2SCC(=O)Nc3c2c(-c2ccccc2)nn3-c2nc(C)cc(C)n2)ccc1O. The maximum Gasteiger partial charge on any atom is 0.252 e. The third-order valence-corrected chi connectivity index (χ3v) is 6.89. The van der Waals surface area contributed by atoms with Crippen LogP contribution in [0.3, 0.4) is 0 Å². The molecule has 178 valence electrons. The van der Waals surface area contributed by atoms with Gasteiger partial charge >= 0.3 is 0 Å². The van der Waals surface area contributed by atoms with Gasteiger partial charge in [0.2, 0.25) is 5.91 Å². The van der Waals surface area contributed by atoms with Crippen molar-refractivity contribution < 1.29 is 14.6 Å². The summed E-state index contributed by atoms with van der Waals surface area (Å²) in [5, 5.41) is 18.0. The van der Waals surface area contributed by atoms with Crippen molar-refractivity contribution in [3.63, 3.8) is 0 Å². The van der Waals surface area contributed by atoms with Crippen LogP contribution in [0.2, 0.25) is 0 Å². The first-order valence-corrected chi connectivity index (χ1v) is 12.4. The van der Waals surface area contributed by atoms with Crippen LogP contribution in [0.15, 0.2) is 54.6 Å². The van der Waals surface area contributed by atoms with E-state index in [1.54, 1.807) is 10.7 Å². The van der Waals surface area contributed by atoms with Gasteiger partial charge in [0.15, 0.2) is 11.5 Å². The van der Waals surface area contributed by atoms with Gasteiger partial charge in [0.1, 0.15) is 5.82 Å². The smallest absolute Gasteiger partial charge is 0.252 e. The molecule has 0 radical (unpaired) electrons. The van der Waals surface area contributed by atoms with Crippen LogP contribution in [0.5, 0.6) is 11.5 Å². The van der Waals surface area contributed by atoms with Gasteiger partial charge in [-0.1, -0.05) is 36.4 Å². The van der Waals surface area contributed by atoms with Crippen molar-refractivity contribution in [2.45, 2.75) is 26.0 Å². The molecule has 0 fully saturated rings. The molecule has 1 aliphatic rings. The maximum atomic E-state index is 12.8. The average Bonchev–Trinajstić information content (AvgIpc) is 3.11. The number of nitrogens with one attached hydrogen (secondary N) is 1. The second kappa shape index (κ2) is 9.42. The minimum atomic E-state index is -0.251. The van der Waals surface area contributed by atoms with Gasteiger partial charge in [0.05, 0.1) is 23.3 Å². The van der Waals surface area contributed by atoms with Gasteiger partial charge in [0, 0.05) is 22.5 Å². The van der Waals surface area contributed by atoms with Crippen LogP contribution >= 0.6 is 11.8 Å². The van der Waals surface area contributed by atoms with Crippen LogP contribution in [0.1, 0.15) is 34.7 Å². The van der Waals surface area contributed by atoms with Crippen LogP contribution in [0.4, 0.5) is 5.82 Å². The molecular weight excluding hydrogens is 462 g/mol. The minimum Gasteiger partial charge on any atom is -0.504 e. The third kappa shape index (κ3) is 4.46. The lowest BCUT2D eigenvalue weighted by Gasteiger charge is -2.18. The van der Waals surface area contributed by atoms with Gasteiger partial charge < -0.3 is 15.2 Å². The number of aryl methyl sites for hydroxylation is 2. The molecule has 0 spiro atoms. The predicted octanol–water partition coefficient (Wildman–Crippen LogP) is 4.83. The Labute approximate surface area is 207 Å². The van der Waals surface area contributed by atoms with Crippen molar-refractivity contribution in [1.29, 1.82) is 0 Å². The summed E-state index contributed by atoms with van der Waals surface area (Å²) in [7, 11) is 0. The number of phenols is 1. The molecule has 0 saturated carbocycles. The van der Waals surface area contributed by atoms with E-state index in [4.69, 9.17) is 9.84 Å². The normalized spacial score (nSPS) is 15.3. The Hall–Kier alpha value is -3.85. The highest BCUT2D eigenvalue weighted by molar-refractivity contribution is 8.00. The zero-order chi connectivity index (χ0) is 24.5. The Morgan fingerprint density at radius 1 is 1.11 bits per heavy atom. The molecule has 1 amide bonds. The number of thioether (sulfide) groups is 1. The van der Waals surface area contributed by atoms with Crippen molar-refractivity contribution >= 4 is 23.5 Å². The van der Waals surface area contributed by atoms with E-state index in [-0.39, 0.29) is 22.7 Å². The molecule has 2 aromatic carbocycles. The van der Waals surface area contributed by atoms with Crippen molar-refractivity contribution in [1.82, 2.24) is 19.7 Å². The van der Waals surface area contributed by atoms with Gasteiger partial charge in [-0.05, 0) is 44.5 Å². The van der Waals surface area contributed by atoms with Crippen LogP contribution in [-0.2, 0) is 4.79 Å². The lowest BCUT2D eigenvalue weighted by molar-refractivity contribution is -0.113. The molecule has 0 unspecified atom stereocenters. The first kappa shape index (κ1) is 22.9. The summed E-state index contributed by atoms with van der Waals surface area (Å²) in [6.07, 6.45) is 0. The molecule has 2 N–H and O–H groups in total. The first-order chi connectivity index (χ1) is 16.9. The molecular formula is C26H25N5O3S. The first-order valence-electron chi connectivity index (χ1n) is 11.3. The molecule has 1 atom stereocenters. The molecule has 5 rings (SSSR count). The summed E-state index contributed by atoms with van der Waals surface area (Å²) in [5.41, 5.74) is 5.01. The van der Waals surface area contributed by atoms with E-state index < -0.39 is 0 Å². The summed E-state index contributed by atoms with van der Waals surface area (Å²) in [5.74, 6) is 1.54. The monoisotopic (exact) mass is 487 g/mol. The lowest BCUT2D eigenvalue weighted by Crippen LogP contribution is -2.17. The highest BCUT2D eigenvalue weighted by Gasteiger charge is 2.33. The van der Waals surface area contributed by atoms with Crippen molar-refractivity contribution in [3.05, 3.63) is 77.1 Å². The molecule has 9 heteroatoms. The molecule has 0 saturated heterocycles. The second-order valence-corrected chi connectivity index (χ2v) is 9.33. The number of anilines is 1. The topological polar surface area (TPSA) is 102 Å². The quantitative estimate of drug-likeness (QED) is 0.416. The van der Waals surface area contributed by atoms with Gasteiger partial charge in [-0.3, -0.25) is 4.79 Å². The van der Waals surface area contributed by atoms with E-state index in [9.17, 15) is 9.90 Å². The third-order valence-electron chi connectivity index (χ3n) is 5.62. The number of phenolic OH excluding ortho intramolecular Hbond substituents is 1. The molecule has 0 aliphatic carbocycles. The number of carbonyl (C=O) groups is 1. The van der Waals surface area contributed by atoms with Crippen molar-refractivity contribution in [3.8, 4) is 28.7 Å². The summed E-state index contributed by atoms with van der Waals surface area (Å²) in [6, 6.07) is 17.1. The number of amides is 1. The van der Waals surface area contributed by atoms with E-state index >= 15 is 0 Å². The van der Waals surface area contributed by atoms with Crippen molar-refractivity contribution in [2.75, 3.05) is 17.7 Å². The highest BCUT2D eigenvalue weighted by Crippen LogP contribution is 2.47. The minimum absolute atomic E-state index is 0.0752. The fraction of sp³-hybridized carbons (Fsp3) is 0.231. The molecule has 3 heterocycles. The number of aromatic hydroxyl groups is 1. The summed E-state index contributed by atoms with van der Waals surface area (Å²) in [4.78, 5) is 22.0. The number of aromatic nitrogens is 4. The lowest BCUT2D eigenvalue weighted by atomic mass is 9.99. The highest BCUT2D eigenvalue weighted by atomic mass is 32.2. The maximum absolute atomic E-state index is 12.8. The number of nitrogens with zero attached hydrogens (tertiary/aromatic N) is 4. The van der Waals surface area contributed by atoms with Crippen LogP contribution < -0.4 is 10.1 Å². The van der Waals surface area contributed by atoms with Crippen LogP contribution in [-0.4, -0.2) is 43.1 Å². The Kier molecular flexibility index (Phi) is 6.17. The van der Waals surface area contributed by atoms with Gasteiger partial charge in [0.25, 0.3) is 5.95 Å². The Balaban J connectivity index is 1.78. The largest absolute Gasteiger partial charge is 0.504 e. The molecule has 4 aromatic rings. The van der Waals surface area contributed by atoms with Crippen molar-refractivity contribution in [2.24, 2.45) is 0 Å².